The smallest absolute Gasteiger partial charge is 0.254 e. The molecule has 0 bridgehead atoms. The largest absolute Gasteiger partial charge is 0.367 e. The van der Waals surface area contributed by atoms with E-state index in [2.05, 4.69) is 29.9 Å². The van der Waals surface area contributed by atoms with Crippen LogP contribution < -0.4 is 0 Å². The van der Waals surface area contributed by atoms with Crippen LogP contribution in [0.1, 0.15) is 32.3 Å². The van der Waals surface area contributed by atoms with Gasteiger partial charge in [0.1, 0.15) is 5.60 Å². The summed E-state index contributed by atoms with van der Waals surface area (Å²) in [6.07, 6.45) is 7.42. The van der Waals surface area contributed by atoms with Crippen molar-refractivity contribution >= 4 is 24.1 Å². The van der Waals surface area contributed by atoms with Crippen LogP contribution in [0.4, 0.5) is 0 Å². The van der Waals surface area contributed by atoms with Crippen molar-refractivity contribution in [2.24, 2.45) is 0 Å². The number of aldehydes is 1. The fraction of sp³-hybridized carbons (Fsp3) is 0.440. The number of hydrogen-bond donors (Lipinski definition) is 0. The lowest BCUT2D eigenvalue weighted by Gasteiger charge is -2.37. The number of hydrogen-bond acceptors (Lipinski definition) is 5. The Morgan fingerprint density at radius 3 is 2.68 bits per heavy atom. The molecule has 0 aromatic heterocycles. The van der Waals surface area contributed by atoms with Crippen LogP contribution >= 0.6 is 11.9 Å². The van der Waals surface area contributed by atoms with Crippen molar-refractivity contribution in [3.8, 4) is 0 Å². The van der Waals surface area contributed by atoms with Crippen LogP contribution in [0.15, 0.2) is 66.3 Å². The van der Waals surface area contributed by atoms with Gasteiger partial charge in [0.05, 0.1) is 13.2 Å². The fourth-order valence-corrected chi connectivity index (χ4v) is 4.57. The molecular formula is C25H34N2O3S. The van der Waals surface area contributed by atoms with Gasteiger partial charge in [-0.05, 0) is 25.3 Å². The van der Waals surface area contributed by atoms with Crippen LogP contribution in [0.3, 0.4) is 0 Å². The second kappa shape index (κ2) is 12.6. The lowest BCUT2D eigenvalue weighted by molar-refractivity contribution is -0.132. The van der Waals surface area contributed by atoms with E-state index in [0.29, 0.717) is 25.0 Å². The van der Waals surface area contributed by atoms with E-state index >= 15 is 0 Å². The maximum absolute atomic E-state index is 13.3. The summed E-state index contributed by atoms with van der Waals surface area (Å²) in [5, 5.41) is 0. The molecule has 0 spiro atoms. The molecule has 1 saturated heterocycles. The first-order chi connectivity index (χ1) is 15.0. The number of ether oxygens (including phenoxy) is 1. The molecule has 1 heterocycles. The molecular weight excluding hydrogens is 408 g/mol. The van der Waals surface area contributed by atoms with Crippen molar-refractivity contribution in [3.05, 3.63) is 71.8 Å². The van der Waals surface area contributed by atoms with Crippen molar-refractivity contribution in [1.82, 2.24) is 9.21 Å². The Balaban J connectivity index is 2.34. The summed E-state index contributed by atoms with van der Waals surface area (Å²) in [6, 6.07) is 10.1. The third kappa shape index (κ3) is 6.66. The molecule has 5 nitrogen and oxygen atoms in total. The standard InChI is InChI=1S/C25H34N2O3S/c1-5-11-23(21(7-3)19-28)24(29)26(4)20-25(22-12-9-8-10-13-22)14-15-27(16-17-30-25)31-18-6-2/h5,7-13,19H,3,6,14-18,20H2,1-2,4H3/b11-5-,23-21-. The van der Waals surface area contributed by atoms with Crippen LogP contribution in [0.5, 0.6) is 0 Å². The highest BCUT2D eigenvalue weighted by Crippen LogP contribution is 2.34. The van der Waals surface area contributed by atoms with Gasteiger partial charge < -0.3 is 9.64 Å². The minimum absolute atomic E-state index is 0.222. The van der Waals surface area contributed by atoms with E-state index in [1.807, 2.05) is 37.1 Å². The maximum atomic E-state index is 13.3. The van der Waals surface area contributed by atoms with Gasteiger partial charge in [-0.3, -0.25) is 9.59 Å². The monoisotopic (exact) mass is 442 g/mol. The summed E-state index contributed by atoms with van der Waals surface area (Å²) >= 11 is 1.86. The summed E-state index contributed by atoms with van der Waals surface area (Å²) in [5.41, 5.74) is 1.08. The van der Waals surface area contributed by atoms with E-state index < -0.39 is 5.60 Å². The van der Waals surface area contributed by atoms with E-state index in [4.69, 9.17) is 4.74 Å². The average Bonchev–Trinajstić information content (AvgIpc) is 3.01. The van der Waals surface area contributed by atoms with Gasteiger partial charge in [0, 0.05) is 37.0 Å². The first-order valence-corrected chi connectivity index (χ1v) is 11.7. The normalized spacial score (nSPS) is 20.7. The Hall–Kier alpha value is -2.15. The number of carbonyl (C=O) groups excluding carboxylic acids is 2. The van der Waals surface area contributed by atoms with E-state index in [-0.39, 0.29) is 11.5 Å². The third-order valence-electron chi connectivity index (χ3n) is 5.32. The molecule has 1 unspecified atom stereocenters. The van der Waals surface area contributed by atoms with Gasteiger partial charge in [-0.15, -0.1) is 0 Å². The van der Waals surface area contributed by atoms with Gasteiger partial charge in [-0.1, -0.05) is 74.0 Å². The Bertz CT molecular complexity index is 796. The molecule has 1 amide bonds. The van der Waals surface area contributed by atoms with Crippen molar-refractivity contribution < 1.29 is 14.3 Å². The van der Waals surface area contributed by atoms with Gasteiger partial charge >= 0.3 is 0 Å². The number of likely N-dealkylation sites (N-methyl/N-ethyl adjacent to an activating group) is 1. The van der Waals surface area contributed by atoms with Crippen LogP contribution in [-0.4, -0.2) is 60.4 Å². The highest BCUT2D eigenvalue weighted by molar-refractivity contribution is 7.97. The molecule has 1 aromatic carbocycles. The van der Waals surface area contributed by atoms with Gasteiger partial charge in [-0.25, -0.2) is 4.31 Å². The lowest BCUT2D eigenvalue weighted by Crippen LogP contribution is -2.44. The number of nitrogens with zero attached hydrogens (tertiary/aromatic N) is 2. The zero-order valence-corrected chi connectivity index (χ0v) is 19.7. The average molecular weight is 443 g/mol. The zero-order chi connectivity index (χ0) is 22.7. The highest BCUT2D eigenvalue weighted by atomic mass is 32.2. The van der Waals surface area contributed by atoms with Crippen LogP contribution in [0, 0.1) is 0 Å². The van der Waals surface area contributed by atoms with Gasteiger partial charge in [-0.2, -0.15) is 0 Å². The Labute approximate surface area is 191 Å². The van der Waals surface area contributed by atoms with E-state index in [9.17, 15) is 9.59 Å². The predicted molar refractivity (Wildman–Crippen MR) is 129 cm³/mol. The first kappa shape index (κ1) is 25.1. The maximum Gasteiger partial charge on any atom is 0.254 e. The molecule has 1 aliphatic rings. The van der Waals surface area contributed by atoms with E-state index in [1.165, 1.54) is 6.08 Å². The van der Waals surface area contributed by atoms with Gasteiger partial charge in [0.2, 0.25) is 0 Å². The lowest BCUT2D eigenvalue weighted by atomic mass is 9.89. The van der Waals surface area contributed by atoms with Gasteiger partial charge in [0.25, 0.3) is 5.91 Å². The number of carbonyl (C=O) groups is 2. The quantitative estimate of drug-likeness (QED) is 0.233. The fourth-order valence-electron chi connectivity index (χ4n) is 3.71. The van der Waals surface area contributed by atoms with Crippen molar-refractivity contribution in [1.29, 1.82) is 0 Å². The summed E-state index contributed by atoms with van der Waals surface area (Å²) in [6.45, 7) is 10.4. The van der Waals surface area contributed by atoms with Crippen molar-refractivity contribution in [2.75, 3.05) is 39.0 Å². The van der Waals surface area contributed by atoms with E-state index in [1.54, 1.807) is 24.1 Å². The molecule has 1 atom stereocenters. The first-order valence-electron chi connectivity index (χ1n) is 10.8. The van der Waals surface area contributed by atoms with E-state index in [0.717, 1.165) is 37.2 Å². The zero-order valence-electron chi connectivity index (χ0n) is 18.9. The Morgan fingerprint density at radius 1 is 1.32 bits per heavy atom. The molecule has 31 heavy (non-hydrogen) atoms. The van der Waals surface area contributed by atoms with Crippen LogP contribution in [-0.2, 0) is 19.9 Å². The second-order valence-corrected chi connectivity index (χ2v) is 8.76. The predicted octanol–water partition coefficient (Wildman–Crippen LogP) is 4.38. The molecule has 0 radical (unpaired) electrons. The van der Waals surface area contributed by atoms with Crippen molar-refractivity contribution in [3.63, 3.8) is 0 Å². The number of allylic oxidation sites excluding steroid dienone is 3. The second-order valence-electron chi connectivity index (χ2n) is 7.57. The minimum atomic E-state index is -0.607. The molecule has 2 rings (SSSR count). The molecule has 0 saturated carbocycles. The SMILES string of the molecule is C=C/C(C=O)=C(\C=C/C)C(=O)N(C)CC1(c2ccccc2)CCN(SCCC)CCO1. The van der Waals surface area contributed by atoms with Crippen LogP contribution in [0.2, 0.25) is 0 Å². The summed E-state index contributed by atoms with van der Waals surface area (Å²) in [4.78, 5) is 26.4. The molecule has 0 aliphatic carbocycles. The molecule has 168 valence electrons. The third-order valence-corrected chi connectivity index (χ3v) is 6.64. The van der Waals surface area contributed by atoms with Gasteiger partial charge in [0.15, 0.2) is 6.29 Å². The minimum Gasteiger partial charge on any atom is -0.367 e. The summed E-state index contributed by atoms with van der Waals surface area (Å²) in [7, 11) is 1.76. The molecule has 0 N–H and O–H groups in total. The summed E-state index contributed by atoms with van der Waals surface area (Å²) in [5.74, 6) is 0.866. The molecule has 1 aliphatic heterocycles. The number of benzene rings is 1. The number of amides is 1. The number of rotatable bonds is 10. The topological polar surface area (TPSA) is 49.9 Å². The molecule has 6 heteroatoms. The van der Waals surface area contributed by atoms with Crippen LogP contribution in [0.25, 0.3) is 0 Å². The molecule has 1 fully saturated rings. The Morgan fingerprint density at radius 2 is 2.06 bits per heavy atom. The summed E-state index contributed by atoms with van der Waals surface area (Å²) < 4.78 is 8.85. The highest BCUT2D eigenvalue weighted by Gasteiger charge is 2.38. The van der Waals surface area contributed by atoms with Crippen molar-refractivity contribution in [2.45, 2.75) is 32.3 Å². The Kier molecular flexibility index (Phi) is 10.2. The molecule has 1 aromatic rings.